The Hall–Kier alpha value is -0.810. The zero-order valence-corrected chi connectivity index (χ0v) is 11.2. The van der Waals surface area contributed by atoms with Crippen LogP contribution in [-0.4, -0.2) is 24.0 Å². The summed E-state index contributed by atoms with van der Waals surface area (Å²) in [6.07, 6.45) is 1.31. The average Bonchev–Trinajstić information content (AvgIpc) is 3.09. The number of hydrogen-bond acceptors (Lipinski definition) is 4. The SMILES string of the molecule is CC(=O)SCC1(S(=O)(=O)c2ccccc2)CC1. The van der Waals surface area contributed by atoms with Gasteiger partial charge in [0.05, 0.1) is 9.64 Å². The largest absolute Gasteiger partial charge is 0.288 e. The van der Waals surface area contributed by atoms with E-state index < -0.39 is 14.6 Å². The molecule has 0 amide bonds. The molecule has 3 nitrogen and oxygen atoms in total. The molecule has 0 bridgehead atoms. The molecule has 0 aromatic heterocycles. The van der Waals surface area contributed by atoms with Crippen LogP contribution in [0, 0.1) is 0 Å². The zero-order chi connectivity index (χ0) is 12.5. The molecule has 0 atom stereocenters. The Balaban J connectivity index is 2.25. The number of thioether (sulfide) groups is 1. The Morgan fingerprint density at radius 3 is 2.35 bits per heavy atom. The molecule has 0 radical (unpaired) electrons. The van der Waals surface area contributed by atoms with E-state index >= 15 is 0 Å². The smallest absolute Gasteiger partial charge is 0.185 e. The van der Waals surface area contributed by atoms with Crippen molar-refractivity contribution < 1.29 is 13.2 Å². The van der Waals surface area contributed by atoms with Crippen molar-refractivity contribution in [3.63, 3.8) is 0 Å². The first-order chi connectivity index (χ1) is 7.98. The zero-order valence-electron chi connectivity index (χ0n) is 9.55. The van der Waals surface area contributed by atoms with Crippen molar-refractivity contribution in [2.45, 2.75) is 29.4 Å². The molecule has 92 valence electrons. The summed E-state index contributed by atoms with van der Waals surface area (Å²) in [7, 11) is -3.30. The standard InChI is InChI=1S/C12H14O3S2/c1-10(13)16-9-12(7-8-12)17(14,15)11-5-3-2-4-6-11/h2-6H,7-9H2,1H3. The summed E-state index contributed by atoms with van der Waals surface area (Å²) < 4.78 is 24.1. The normalized spacial score (nSPS) is 17.7. The Morgan fingerprint density at radius 2 is 1.88 bits per heavy atom. The quantitative estimate of drug-likeness (QED) is 0.842. The molecule has 17 heavy (non-hydrogen) atoms. The van der Waals surface area contributed by atoms with Gasteiger partial charge in [0.1, 0.15) is 0 Å². The molecule has 1 aromatic carbocycles. The number of sulfone groups is 1. The third-order valence-electron chi connectivity index (χ3n) is 2.97. The van der Waals surface area contributed by atoms with Crippen molar-refractivity contribution in [3.05, 3.63) is 30.3 Å². The van der Waals surface area contributed by atoms with Gasteiger partial charge in [-0.1, -0.05) is 30.0 Å². The second-order valence-corrected chi connectivity index (χ2v) is 7.78. The fourth-order valence-electron chi connectivity index (χ4n) is 1.71. The van der Waals surface area contributed by atoms with Gasteiger partial charge in [-0.05, 0) is 25.0 Å². The van der Waals surface area contributed by atoms with Gasteiger partial charge in [0.25, 0.3) is 0 Å². The summed E-state index contributed by atoms with van der Waals surface area (Å²) >= 11 is 1.10. The maximum atomic E-state index is 12.4. The first kappa shape index (κ1) is 12.6. The molecule has 0 unspecified atom stereocenters. The number of hydrogen-bond donors (Lipinski definition) is 0. The second kappa shape index (κ2) is 4.46. The van der Waals surface area contributed by atoms with Crippen molar-refractivity contribution in [2.75, 3.05) is 5.75 Å². The summed E-state index contributed by atoms with van der Waals surface area (Å²) in [4.78, 5) is 11.3. The highest BCUT2D eigenvalue weighted by Crippen LogP contribution is 2.48. The molecular formula is C12H14O3S2. The van der Waals surface area contributed by atoms with Crippen LogP contribution in [0.25, 0.3) is 0 Å². The van der Waals surface area contributed by atoms with Crippen LogP contribution in [0.3, 0.4) is 0 Å². The van der Waals surface area contributed by atoms with Crippen LogP contribution in [0.5, 0.6) is 0 Å². The summed E-state index contributed by atoms with van der Waals surface area (Å²) in [6, 6.07) is 8.48. The highest BCUT2D eigenvalue weighted by molar-refractivity contribution is 8.14. The van der Waals surface area contributed by atoms with Gasteiger partial charge < -0.3 is 0 Å². The van der Waals surface area contributed by atoms with E-state index in [0.29, 0.717) is 23.5 Å². The molecule has 0 spiro atoms. The number of rotatable bonds is 4. The van der Waals surface area contributed by atoms with Crippen molar-refractivity contribution >= 4 is 26.7 Å². The van der Waals surface area contributed by atoms with Gasteiger partial charge in [0, 0.05) is 12.7 Å². The molecule has 0 N–H and O–H groups in total. The van der Waals surface area contributed by atoms with E-state index in [1.165, 1.54) is 6.92 Å². The molecular weight excluding hydrogens is 256 g/mol. The van der Waals surface area contributed by atoms with Gasteiger partial charge >= 0.3 is 0 Å². The Labute approximate surface area is 106 Å². The van der Waals surface area contributed by atoms with E-state index in [0.717, 1.165) is 11.8 Å². The summed E-state index contributed by atoms with van der Waals surface area (Å²) in [5.74, 6) is 0.375. The fourth-order valence-corrected chi connectivity index (χ4v) is 4.92. The summed E-state index contributed by atoms with van der Waals surface area (Å²) in [5.41, 5.74) is 0. The number of benzene rings is 1. The van der Waals surface area contributed by atoms with Crippen LogP contribution in [-0.2, 0) is 14.6 Å². The van der Waals surface area contributed by atoms with Crippen molar-refractivity contribution in [3.8, 4) is 0 Å². The first-order valence-corrected chi connectivity index (χ1v) is 7.88. The molecule has 2 rings (SSSR count). The first-order valence-electron chi connectivity index (χ1n) is 5.41. The fraction of sp³-hybridized carbons (Fsp3) is 0.417. The highest BCUT2D eigenvalue weighted by Gasteiger charge is 2.54. The Kier molecular flexibility index (Phi) is 3.32. The molecule has 0 heterocycles. The minimum absolute atomic E-state index is 0.0282. The van der Waals surface area contributed by atoms with E-state index in [1.807, 2.05) is 0 Å². The van der Waals surface area contributed by atoms with Crippen LogP contribution < -0.4 is 0 Å². The van der Waals surface area contributed by atoms with E-state index in [1.54, 1.807) is 30.3 Å². The monoisotopic (exact) mass is 270 g/mol. The van der Waals surface area contributed by atoms with Gasteiger partial charge in [-0.3, -0.25) is 4.79 Å². The predicted molar refractivity (Wildman–Crippen MR) is 68.7 cm³/mol. The second-order valence-electron chi connectivity index (χ2n) is 4.28. The lowest BCUT2D eigenvalue weighted by Crippen LogP contribution is -2.26. The minimum atomic E-state index is -3.30. The Bertz CT molecular complexity index is 516. The lowest BCUT2D eigenvalue weighted by Gasteiger charge is -2.15. The maximum Gasteiger partial charge on any atom is 0.185 e. The van der Waals surface area contributed by atoms with Crippen molar-refractivity contribution in [1.29, 1.82) is 0 Å². The maximum absolute atomic E-state index is 12.4. The van der Waals surface area contributed by atoms with Crippen LogP contribution in [0.2, 0.25) is 0 Å². The van der Waals surface area contributed by atoms with Gasteiger partial charge in [-0.25, -0.2) is 8.42 Å². The predicted octanol–water partition coefficient (Wildman–Crippen LogP) is 2.27. The molecule has 0 saturated heterocycles. The molecule has 1 aliphatic rings. The van der Waals surface area contributed by atoms with Gasteiger partial charge in [-0.15, -0.1) is 0 Å². The summed E-state index contributed by atoms with van der Waals surface area (Å²) in [5, 5.41) is -0.0282. The van der Waals surface area contributed by atoms with Crippen molar-refractivity contribution in [1.82, 2.24) is 0 Å². The van der Waals surface area contributed by atoms with E-state index in [-0.39, 0.29) is 5.12 Å². The molecule has 1 aliphatic carbocycles. The van der Waals surface area contributed by atoms with Crippen molar-refractivity contribution in [2.24, 2.45) is 0 Å². The highest BCUT2D eigenvalue weighted by atomic mass is 32.2. The van der Waals surface area contributed by atoms with E-state index in [2.05, 4.69) is 0 Å². The molecule has 1 fully saturated rings. The number of carbonyl (C=O) groups excluding carboxylic acids is 1. The summed E-state index contributed by atoms with van der Waals surface area (Å²) in [6.45, 7) is 1.47. The van der Waals surface area contributed by atoms with Gasteiger partial charge in [-0.2, -0.15) is 0 Å². The molecule has 0 aliphatic heterocycles. The lowest BCUT2D eigenvalue weighted by molar-refractivity contribution is -0.109. The topological polar surface area (TPSA) is 51.2 Å². The van der Waals surface area contributed by atoms with Gasteiger partial charge in [0.2, 0.25) is 0 Å². The average molecular weight is 270 g/mol. The van der Waals surface area contributed by atoms with E-state index in [4.69, 9.17) is 0 Å². The number of carbonyl (C=O) groups is 1. The van der Waals surface area contributed by atoms with Crippen LogP contribution in [0.4, 0.5) is 0 Å². The third-order valence-corrected chi connectivity index (χ3v) is 6.84. The molecule has 1 aromatic rings. The van der Waals surface area contributed by atoms with Crippen LogP contribution in [0.1, 0.15) is 19.8 Å². The van der Waals surface area contributed by atoms with Crippen LogP contribution in [0.15, 0.2) is 35.2 Å². The van der Waals surface area contributed by atoms with E-state index in [9.17, 15) is 13.2 Å². The third kappa shape index (κ3) is 2.40. The molecule has 5 heteroatoms. The minimum Gasteiger partial charge on any atom is -0.288 e. The Morgan fingerprint density at radius 1 is 1.29 bits per heavy atom. The van der Waals surface area contributed by atoms with Gasteiger partial charge in [0.15, 0.2) is 15.0 Å². The van der Waals surface area contributed by atoms with Crippen LogP contribution >= 0.6 is 11.8 Å². The lowest BCUT2D eigenvalue weighted by atomic mass is 10.4. The molecule has 1 saturated carbocycles.